The number of carbonyl (C=O) groups excluding carboxylic acids is 3. The van der Waals surface area contributed by atoms with Crippen molar-refractivity contribution in [3.05, 3.63) is 54.2 Å². The second-order valence-corrected chi connectivity index (χ2v) is 9.13. The molecule has 7 nitrogen and oxygen atoms in total. The zero-order valence-corrected chi connectivity index (χ0v) is 17.6. The van der Waals surface area contributed by atoms with Gasteiger partial charge in [0.1, 0.15) is 11.8 Å². The summed E-state index contributed by atoms with van der Waals surface area (Å²) in [7, 11) is 0. The number of hydrogen-bond acceptors (Lipinski definition) is 6. The van der Waals surface area contributed by atoms with Crippen LogP contribution in [0.4, 0.5) is 0 Å². The van der Waals surface area contributed by atoms with Crippen molar-refractivity contribution in [2.24, 2.45) is 5.92 Å². The number of thioether (sulfide) groups is 1. The van der Waals surface area contributed by atoms with E-state index < -0.39 is 17.5 Å². The normalized spacial score (nSPS) is 17.8. The van der Waals surface area contributed by atoms with Crippen LogP contribution in [0.25, 0.3) is 0 Å². The molecule has 0 aliphatic carbocycles. The molecule has 0 spiro atoms. The summed E-state index contributed by atoms with van der Waals surface area (Å²) < 4.78 is 5.45. The van der Waals surface area contributed by atoms with Crippen LogP contribution in [0, 0.1) is 5.92 Å². The second-order valence-electron chi connectivity index (χ2n) is 8.05. The third-order valence-corrected chi connectivity index (χ3v) is 5.53. The summed E-state index contributed by atoms with van der Waals surface area (Å²) in [6.07, 6.45) is 4.90. The van der Waals surface area contributed by atoms with Crippen molar-refractivity contribution in [2.45, 2.75) is 45.3 Å². The highest BCUT2D eigenvalue weighted by Gasteiger charge is 2.39. The lowest BCUT2D eigenvalue weighted by Gasteiger charge is -2.34. The molecule has 1 N–H and O–H groups in total. The maximum absolute atomic E-state index is 13.4. The van der Waals surface area contributed by atoms with Crippen molar-refractivity contribution in [1.29, 1.82) is 0 Å². The summed E-state index contributed by atoms with van der Waals surface area (Å²) in [5.74, 6) is 0.0226. The molecule has 2 aromatic rings. The van der Waals surface area contributed by atoms with E-state index in [1.165, 1.54) is 11.2 Å². The molecule has 0 radical (unpaired) electrons. The Kier molecular flexibility index (Phi) is 6.42. The van der Waals surface area contributed by atoms with E-state index >= 15 is 0 Å². The first-order valence-corrected chi connectivity index (χ1v) is 10.4. The molecule has 154 valence electrons. The molecule has 29 heavy (non-hydrogen) atoms. The molecule has 2 atom stereocenters. The van der Waals surface area contributed by atoms with Crippen molar-refractivity contribution < 1.29 is 18.8 Å². The predicted molar refractivity (Wildman–Crippen MR) is 110 cm³/mol. The van der Waals surface area contributed by atoms with Gasteiger partial charge in [-0.1, -0.05) is 11.8 Å². The van der Waals surface area contributed by atoms with E-state index in [0.717, 1.165) is 11.8 Å². The van der Waals surface area contributed by atoms with E-state index in [0.29, 0.717) is 17.1 Å². The summed E-state index contributed by atoms with van der Waals surface area (Å²) in [4.78, 5) is 44.0. The zero-order valence-electron chi connectivity index (χ0n) is 16.8. The van der Waals surface area contributed by atoms with E-state index in [9.17, 15) is 14.4 Å². The summed E-state index contributed by atoms with van der Waals surface area (Å²) in [6.45, 7) is 5.80. The molecule has 3 heterocycles. The third kappa shape index (κ3) is 5.47. The molecule has 2 unspecified atom stereocenters. The van der Waals surface area contributed by atoms with Crippen molar-refractivity contribution in [2.75, 3.05) is 5.75 Å². The number of nitrogens with zero attached hydrogens (tertiary/aromatic N) is 2. The summed E-state index contributed by atoms with van der Waals surface area (Å²) in [5, 5.41) is 2.98. The minimum atomic E-state index is -0.865. The standard InChI is InChI=1S/C21H25N3O4S/c1-21(2,3)23-19(26)18(14-6-8-22-9-7-14)24(12-16-5-4-10-28-16)20(27)15-11-17(25)29-13-15/h4-10,15,18H,11-13H2,1-3H3,(H,23,26). The largest absolute Gasteiger partial charge is 0.467 e. The predicted octanol–water partition coefficient (Wildman–Crippen LogP) is 2.94. The Morgan fingerprint density at radius 1 is 1.31 bits per heavy atom. The zero-order chi connectivity index (χ0) is 21.0. The molecule has 2 amide bonds. The minimum absolute atomic E-state index is 0.000836. The van der Waals surface area contributed by atoms with Crippen molar-refractivity contribution in [3.63, 3.8) is 0 Å². The highest BCUT2D eigenvalue weighted by molar-refractivity contribution is 8.14. The molecule has 0 aromatic carbocycles. The Morgan fingerprint density at radius 3 is 2.59 bits per heavy atom. The highest BCUT2D eigenvalue weighted by Crippen LogP contribution is 2.32. The smallest absolute Gasteiger partial charge is 0.247 e. The van der Waals surface area contributed by atoms with Gasteiger partial charge in [-0.3, -0.25) is 19.4 Å². The second kappa shape index (κ2) is 8.82. The average molecular weight is 416 g/mol. The van der Waals surface area contributed by atoms with Crippen LogP contribution in [0.2, 0.25) is 0 Å². The number of amides is 2. The van der Waals surface area contributed by atoms with Gasteiger partial charge in [0.15, 0.2) is 5.12 Å². The summed E-state index contributed by atoms with van der Waals surface area (Å²) in [6, 6.07) is 6.09. The van der Waals surface area contributed by atoms with Gasteiger partial charge in [-0.15, -0.1) is 0 Å². The van der Waals surface area contributed by atoms with E-state index in [2.05, 4.69) is 10.3 Å². The van der Waals surface area contributed by atoms with Gasteiger partial charge in [-0.05, 0) is 50.6 Å². The molecule has 1 saturated heterocycles. The number of carbonyl (C=O) groups is 3. The van der Waals surface area contributed by atoms with Gasteiger partial charge in [0, 0.05) is 30.1 Å². The number of furan rings is 1. The fraction of sp³-hybridized carbons (Fsp3) is 0.429. The van der Waals surface area contributed by atoms with Gasteiger partial charge in [-0.25, -0.2) is 0 Å². The molecule has 3 rings (SSSR count). The highest BCUT2D eigenvalue weighted by atomic mass is 32.2. The first kappa shape index (κ1) is 21.1. The molecular formula is C21H25N3O4S. The van der Waals surface area contributed by atoms with Crippen LogP contribution in [0.15, 0.2) is 47.3 Å². The first-order valence-electron chi connectivity index (χ1n) is 9.45. The van der Waals surface area contributed by atoms with Crippen molar-refractivity contribution in [1.82, 2.24) is 15.2 Å². The molecular weight excluding hydrogens is 390 g/mol. The molecule has 1 aliphatic heterocycles. The van der Waals surface area contributed by atoms with Gasteiger partial charge in [0.25, 0.3) is 0 Å². The van der Waals surface area contributed by atoms with E-state index in [-0.39, 0.29) is 29.9 Å². The Hall–Kier alpha value is -2.61. The quantitative estimate of drug-likeness (QED) is 0.780. The number of hydrogen-bond donors (Lipinski definition) is 1. The fourth-order valence-corrected chi connectivity index (χ4v) is 4.20. The lowest BCUT2D eigenvalue weighted by Crippen LogP contribution is -2.50. The van der Waals surface area contributed by atoms with Crippen LogP contribution < -0.4 is 5.32 Å². The molecule has 1 fully saturated rings. The third-order valence-electron chi connectivity index (χ3n) is 4.48. The summed E-state index contributed by atoms with van der Waals surface area (Å²) >= 11 is 1.16. The van der Waals surface area contributed by atoms with E-state index in [1.54, 1.807) is 36.7 Å². The van der Waals surface area contributed by atoms with Gasteiger partial charge >= 0.3 is 0 Å². The first-order chi connectivity index (χ1) is 13.7. The van der Waals surface area contributed by atoms with Crippen LogP contribution >= 0.6 is 11.8 Å². The number of nitrogens with one attached hydrogen (secondary N) is 1. The van der Waals surface area contributed by atoms with Crippen LogP contribution in [0.1, 0.15) is 44.6 Å². The van der Waals surface area contributed by atoms with Crippen LogP contribution in [0.5, 0.6) is 0 Å². The molecule has 0 saturated carbocycles. The van der Waals surface area contributed by atoms with Crippen LogP contribution in [-0.2, 0) is 20.9 Å². The molecule has 0 bridgehead atoms. The summed E-state index contributed by atoms with van der Waals surface area (Å²) in [5.41, 5.74) is 0.180. The van der Waals surface area contributed by atoms with E-state index in [1.807, 2.05) is 20.8 Å². The van der Waals surface area contributed by atoms with Gasteiger partial charge in [0.05, 0.1) is 18.7 Å². The molecule has 8 heteroatoms. The average Bonchev–Trinajstić information content (AvgIpc) is 3.31. The number of pyridine rings is 1. The number of aromatic nitrogens is 1. The van der Waals surface area contributed by atoms with Crippen LogP contribution in [-0.4, -0.2) is 38.1 Å². The lowest BCUT2D eigenvalue weighted by molar-refractivity contribution is -0.145. The minimum Gasteiger partial charge on any atom is -0.467 e. The Balaban J connectivity index is 1.99. The van der Waals surface area contributed by atoms with E-state index in [4.69, 9.17) is 4.42 Å². The number of rotatable bonds is 6. The van der Waals surface area contributed by atoms with Gasteiger partial charge in [-0.2, -0.15) is 0 Å². The van der Waals surface area contributed by atoms with Crippen molar-refractivity contribution in [3.8, 4) is 0 Å². The van der Waals surface area contributed by atoms with Gasteiger partial charge < -0.3 is 14.6 Å². The van der Waals surface area contributed by atoms with Crippen molar-refractivity contribution >= 4 is 28.7 Å². The Morgan fingerprint density at radius 2 is 2.03 bits per heavy atom. The molecule has 1 aliphatic rings. The topological polar surface area (TPSA) is 92.5 Å². The Labute approximate surface area is 174 Å². The monoisotopic (exact) mass is 415 g/mol. The Bertz CT molecular complexity index is 862. The fourth-order valence-electron chi connectivity index (χ4n) is 3.23. The van der Waals surface area contributed by atoms with Gasteiger partial charge in [0.2, 0.25) is 11.8 Å². The lowest BCUT2D eigenvalue weighted by atomic mass is 9.99. The molecule has 2 aromatic heterocycles. The van der Waals surface area contributed by atoms with Crippen LogP contribution in [0.3, 0.4) is 0 Å². The maximum Gasteiger partial charge on any atom is 0.247 e. The SMILES string of the molecule is CC(C)(C)NC(=O)C(c1ccncc1)N(Cc1ccco1)C(=O)C1CSC(=O)C1. The maximum atomic E-state index is 13.4.